The van der Waals surface area contributed by atoms with Crippen LogP contribution in [0.5, 0.6) is 0 Å². The molecule has 0 aliphatic carbocycles. The van der Waals surface area contributed by atoms with Crippen LogP contribution in [-0.2, 0) is 6.54 Å². The summed E-state index contributed by atoms with van der Waals surface area (Å²) in [5, 5.41) is 8.88. The zero-order chi connectivity index (χ0) is 13.9. The van der Waals surface area contributed by atoms with Crippen molar-refractivity contribution in [3.63, 3.8) is 0 Å². The van der Waals surface area contributed by atoms with Crippen LogP contribution in [0.1, 0.15) is 38.1 Å². The third kappa shape index (κ3) is 2.30. The van der Waals surface area contributed by atoms with E-state index in [0.29, 0.717) is 12.5 Å². The zero-order valence-electron chi connectivity index (χ0n) is 11.9. The molecule has 1 unspecified atom stereocenters. The van der Waals surface area contributed by atoms with Crippen LogP contribution in [0.4, 0.5) is 0 Å². The highest BCUT2D eigenvalue weighted by Gasteiger charge is 2.24. The van der Waals surface area contributed by atoms with Crippen LogP contribution in [0.25, 0.3) is 11.0 Å². The monoisotopic (exact) mass is 268 g/mol. The summed E-state index contributed by atoms with van der Waals surface area (Å²) in [5.74, 6) is 1.10. The third-order valence-corrected chi connectivity index (χ3v) is 4.19. The lowest BCUT2D eigenvalue weighted by Gasteiger charge is -2.24. The Labute approximate surface area is 119 Å². The number of para-hydroxylation sites is 2. The molecule has 0 amide bonds. The molecule has 0 spiro atoms. The predicted molar refractivity (Wildman–Crippen MR) is 79.2 cm³/mol. The summed E-state index contributed by atoms with van der Waals surface area (Å²) in [6.07, 6.45) is 3.09. The van der Waals surface area contributed by atoms with Crippen molar-refractivity contribution in [1.82, 2.24) is 14.5 Å². The van der Waals surface area contributed by atoms with E-state index in [4.69, 9.17) is 10.2 Å². The lowest BCUT2D eigenvalue weighted by molar-refractivity contribution is 0.248. The van der Waals surface area contributed by atoms with Crippen LogP contribution in [0.2, 0.25) is 0 Å². The Morgan fingerprint density at radius 3 is 2.80 bits per heavy atom. The molecular formula is C16H20N4. The van der Waals surface area contributed by atoms with Gasteiger partial charge in [0, 0.05) is 6.54 Å². The summed E-state index contributed by atoms with van der Waals surface area (Å²) >= 11 is 0. The van der Waals surface area contributed by atoms with Crippen LogP contribution in [0, 0.1) is 11.3 Å². The van der Waals surface area contributed by atoms with Gasteiger partial charge in [0.05, 0.1) is 29.6 Å². The maximum atomic E-state index is 8.88. The van der Waals surface area contributed by atoms with Crippen molar-refractivity contribution in [2.24, 2.45) is 0 Å². The molecule has 0 bridgehead atoms. The molecule has 4 nitrogen and oxygen atoms in total. The van der Waals surface area contributed by atoms with E-state index in [1.807, 2.05) is 12.1 Å². The topological polar surface area (TPSA) is 44.9 Å². The second-order valence-electron chi connectivity index (χ2n) is 5.44. The normalized spacial score (nSPS) is 17.4. The summed E-state index contributed by atoms with van der Waals surface area (Å²) in [6, 6.07) is 10.8. The predicted octanol–water partition coefficient (Wildman–Crippen LogP) is 3.11. The van der Waals surface area contributed by atoms with E-state index in [9.17, 15) is 0 Å². The fourth-order valence-electron chi connectivity index (χ4n) is 3.10. The van der Waals surface area contributed by atoms with E-state index in [0.717, 1.165) is 36.5 Å². The number of aromatic nitrogens is 2. The first-order chi connectivity index (χ1) is 9.81. The Balaban J connectivity index is 2.01. The average Bonchev–Trinajstić information content (AvgIpc) is 3.12. The number of aryl methyl sites for hydroxylation is 1. The summed E-state index contributed by atoms with van der Waals surface area (Å²) in [5.41, 5.74) is 2.18. The van der Waals surface area contributed by atoms with E-state index in [2.05, 4.69) is 34.6 Å². The minimum Gasteiger partial charge on any atom is -0.326 e. The quantitative estimate of drug-likeness (QED) is 0.856. The van der Waals surface area contributed by atoms with Gasteiger partial charge in [-0.3, -0.25) is 4.90 Å². The van der Waals surface area contributed by atoms with Gasteiger partial charge in [0.2, 0.25) is 0 Å². The summed E-state index contributed by atoms with van der Waals surface area (Å²) < 4.78 is 2.22. The first-order valence-electron chi connectivity index (χ1n) is 7.37. The minimum absolute atomic E-state index is 0.323. The van der Waals surface area contributed by atoms with Gasteiger partial charge in [0.1, 0.15) is 5.82 Å². The van der Waals surface area contributed by atoms with Crippen molar-refractivity contribution < 1.29 is 0 Å². The van der Waals surface area contributed by atoms with Gasteiger partial charge in [0.25, 0.3) is 0 Å². The van der Waals surface area contributed by atoms with Gasteiger partial charge in [-0.2, -0.15) is 5.26 Å². The Morgan fingerprint density at radius 1 is 1.30 bits per heavy atom. The van der Waals surface area contributed by atoms with Crippen molar-refractivity contribution in [2.45, 2.75) is 38.8 Å². The smallest absolute Gasteiger partial charge is 0.127 e. The molecular weight excluding hydrogens is 248 g/mol. The lowest BCUT2D eigenvalue weighted by atomic mass is 10.2. The van der Waals surface area contributed by atoms with E-state index in [1.165, 1.54) is 12.8 Å². The maximum absolute atomic E-state index is 8.88. The van der Waals surface area contributed by atoms with E-state index in [1.54, 1.807) is 0 Å². The summed E-state index contributed by atoms with van der Waals surface area (Å²) in [4.78, 5) is 7.31. The fourth-order valence-corrected chi connectivity index (χ4v) is 3.10. The number of rotatable bonds is 4. The maximum Gasteiger partial charge on any atom is 0.127 e. The van der Waals surface area contributed by atoms with Crippen LogP contribution in [0.3, 0.4) is 0 Å². The number of imidazole rings is 1. The molecule has 2 heterocycles. The standard InChI is InChI=1S/C16H20N4/c1-13(19-10-4-5-11-19)16-18-14-7-2-3-8-15(14)20(16)12-6-9-17/h2-3,7-8,13H,4-6,10-12H2,1H3. The molecule has 1 fully saturated rings. The highest BCUT2D eigenvalue weighted by Crippen LogP contribution is 2.27. The third-order valence-electron chi connectivity index (χ3n) is 4.19. The molecule has 0 radical (unpaired) electrons. The van der Waals surface area contributed by atoms with Crippen LogP contribution >= 0.6 is 0 Å². The SMILES string of the molecule is CC(c1nc2ccccc2n1CCC#N)N1CCCC1. The molecule has 1 aliphatic heterocycles. The lowest BCUT2D eigenvalue weighted by Crippen LogP contribution is -2.26. The van der Waals surface area contributed by atoms with Crippen LogP contribution in [0.15, 0.2) is 24.3 Å². The number of hydrogen-bond acceptors (Lipinski definition) is 3. The van der Waals surface area contributed by atoms with Crippen molar-refractivity contribution in [3.8, 4) is 6.07 Å². The second kappa shape index (κ2) is 5.64. The van der Waals surface area contributed by atoms with Gasteiger partial charge in [-0.05, 0) is 45.0 Å². The summed E-state index contributed by atoms with van der Waals surface area (Å²) in [7, 11) is 0. The highest BCUT2D eigenvalue weighted by molar-refractivity contribution is 5.76. The van der Waals surface area contributed by atoms with Crippen molar-refractivity contribution in [3.05, 3.63) is 30.1 Å². The van der Waals surface area contributed by atoms with E-state index < -0.39 is 0 Å². The van der Waals surface area contributed by atoms with Crippen LogP contribution < -0.4 is 0 Å². The molecule has 4 heteroatoms. The largest absolute Gasteiger partial charge is 0.326 e. The second-order valence-corrected chi connectivity index (χ2v) is 5.44. The number of nitrogens with zero attached hydrogens (tertiary/aromatic N) is 4. The molecule has 1 aliphatic rings. The molecule has 2 aromatic rings. The van der Waals surface area contributed by atoms with Gasteiger partial charge < -0.3 is 4.57 Å². The number of likely N-dealkylation sites (tertiary alicyclic amines) is 1. The molecule has 1 aromatic carbocycles. The van der Waals surface area contributed by atoms with Gasteiger partial charge in [0.15, 0.2) is 0 Å². The molecule has 1 atom stereocenters. The van der Waals surface area contributed by atoms with Crippen molar-refractivity contribution in [2.75, 3.05) is 13.1 Å². The van der Waals surface area contributed by atoms with Gasteiger partial charge in [-0.1, -0.05) is 12.1 Å². The first-order valence-corrected chi connectivity index (χ1v) is 7.37. The number of nitriles is 1. The molecule has 1 saturated heterocycles. The highest BCUT2D eigenvalue weighted by atomic mass is 15.2. The van der Waals surface area contributed by atoms with Gasteiger partial charge in [-0.25, -0.2) is 4.98 Å². The van der Waals surface area contributed by atoms with Crippen molar-refractivity contribution in [1.29, 1.82) is 5.26 Å². The van der Waals surface area contributed by atoms with Crippen molar-refractivity contribution >= 4 is 11.0 Å². The minimum atomic E-state index is 0.323. The first kappa shape index (κ1) is 13.1. The van der Waals surface area contributed by atoms with E-state index >= 15 is 0 Å². The molecule has 0 saturated carbocycles. The number of hydrogen-bond donors (Lipinski definition) is 0. The molecule has 3 rings (SSSR count). The summed E-state index contributed by atoms with van der Waals surface area (Å²) in [6.45, 7) is 5.27. The molecule has 20 heavy (non-hydrogen) atoms. The number of fused-ring (bicyclic) bond motifs is 1. The molecule has 1 aromatic heterocycles. The molecule has 104 valence electrons. The van der Waals surface area contributed by atoms with E-state index in [-0.39, 0.29) is 0 Å². The van der Waals surface area contributed by atoms with Gasteiger partial charge >= 0.3 is 0 Å². The number of benzene rings is 1. The Morgan fingerprint density at radius 2 is 2.05 bits per heavy atom. The Kier molecular flexibility index (Phi) is 3.70. The average molecular weight is 268 g/mol. The Bertz CT molecular complexity index is 631. The van der Waals surface area contributed by atoms with Crippen LogP contribution in [-0.4, -0.2) is 27.5 Å². The van der Waals surface area contributed by atoms with Gasteiger partial charge in [-0.15, -0.1) is 0 Å². The fraction of sp³-hybridized carbons (Fsp3) is 0.500. The zero-order valence-corrected chi connectivity index (χ0v) is 11.9. The Hall–Kier alpha value is -1.86. The molecule has 0 N–H and O–H groups in total.